The Morgan fingerprint density at radius 3 is 2.21 bits per heavy atom. The van der Waals surface area contributed by atoms with Gasteiger partial charge in [-0.15, -0.1) is 0 Å². The van der Waals surface area contributed by atoms with Crippen LogP contribution in [-0.4, -0.2) is 67.5 Å². The van der Waals surface area contributed by atoms with Gasteiger partial charge in [-0.05, 0) is 33.8 Å². The van der Waals surface area contributed by atoms with E-state index >= 15 is 0 Å². The van der Waals surface area contributed by atoms with E-state index in [1.807, 2.05) is 6.20 Å². The van der Waals surface area contributed by atoms with Gasteiger partial charge in [0.2, 0.25) is 0 Å². The Labute approximate surface area is 145 Å². The van der Waals surface area contributed by atoms with Gasteiger partial charge in [-0.3, -0.25) is 4.90 Å². The summed E-state index contributed by atoms with van der Waals surface area (Å²) in [6.45, 7) is 14.0. The monoisotopic (exact) mass is 332 g/mol. The summed E-state index contributed by atoms with van der Waals surface area (Å²) in [5, 5.41) is 0. The number of hydrogen-bond donors (Lipinski definition) is 1. The zero-order valence-corrected chi connectivity index (χ0v) is 15.3. The fourth-order valence-electron chi connectivity index (χ4n) is 3.09. The lowest BCUT2D eigenvalue weighted by Crippen LogP contribution is -2.48. The second kappa shape index (κ2) is 6.63. The van der Waals surface area contributed by atoms with Crippen molar-refractivity contribution in [3.05, 3.63) is 18.3 Å². The molecule has 2 fully saturated rings. The molecule has 0 aromatic carbocycles. The fraction of sp³-hybridized carbons (Fsp3) is 0.706. The quantitative estimate of drug-likeness (QED) is 0.809. The lowest BCUT2D eigenvalue weighted by molar-refractivity contribution is 0.00578. The van der Waals surface area contributed by atoms with Crippen molar-refractivity contribution in [2.45, 2.75) is 38.9 Å². The van der Waals surface area contributed by atoms with E-state index in [0.717, 1.165) is 50.5 Å². The van der Waals surface area contributed by atoms with Crippen molar-refractivity contribution in [2.24, 2.45) is 5.73 Å². The van der Waals surface area contributed by atoms with Crippen LogP contribution in [0.25, 0.3) is 0 Å². The van der Waals surface area contributed by atoms with Crippen molar-refractivity contribution < 1.29 is 9.31 Å². The zero-order valence-electron chi connectivity index (χ0n) is 15.3. The highest BCUT2D eigenvalue weighted by atomic mass is 16.7. The highest BCUT2D eigenvalue weighted by Crippen LogP contribution is 2.36. The highest BCUT2D eigenvalue weighted by molar-refractivity contribution is 6.62. The third-order valence-electron chi connectivity index (χ3n) is 5.44. The van der Waals surface area contributed by atoms with Crippen molar-refractivity contribution in [1.82, 2.24) is 9.88 Å². The molecule has 132 valence electrons. The van der Waals surface area contributed by atoms with Gasteiger partial charge in [0, 0.05) is 50.9 Å². The summed E-state index contributed by atoms with van der Waals surface area (Å²) >= 11 is 0. The predicted octanol–water partition coefficient (Wildman–Crippen LogP) is 0.462. The van der Waals surface area contributed by atoms with Gasteiger partial charge in [-0.25, -0.2) is 4.98 Å². The van der Waals surface area contributed by atoms with E-state index in [4.69, 9.17) is 15.0 Å². The molecule has 3 rings (SSSR count). The van der Waals surface area contributed by atoms with Gasteiger partial charge in [0.05, 0.1) is 11.2 Å². The summed E-state index contributed by atoms with van der Waals surface area (Å²) in [5.74, 6) is 1.02. The summed E-state index contributed by atoms with van der Waals surface area (Å²) in [6.07, 6.45) is 1.88. The molecule has 0 saturated carbocycles. The molecule has 2 N–H and O–H groups in total. The zero-order chi connectivity index (χ0) is 17.4. The Morgan fingerprint density at radius 2 is 1.71 bits per heavy atom. The molecule has 2 aliphatic heterocycles. The molecule has 0 radical (unpaired) electrons. The number of pyridine rings is 1. The number of rotatable bonds is 4. The number of hydrogen-bond acceptors (Lipinski definition) is 6. The number of anilines is 1. The first-order valence-corrected chi connectivity index (χ1v) is 8.81. The van der Waals surface area contributed by atoms with Gasteiger partial charge in [0.1, 0.15) is 5.82 Å². The van der Waals surface area contributed by atoms with Gasteiger partial charge in [0.15, 0.2) is 0 Å². The van der Waals surface area contributed by atoms with Crippen LogP contribution in [0.4, 0.5) is 5.82 Å². The molecular weight excluding hydrogens is 303 g/mol. The molecule has 2 saturated heterocycles. The van der Waals surface area contributed by atoms with Crippen LogP contribution in [0.1, 0.15) is 27.7 Å². The molecule has 0 unspecified atom stereocenters. The van der Waals surface area contributed by atoms with E-state index in [0.29, 0.717) is 0 Å². The number of nitrogens with zero attached hydrogens (tertiary/aromatic N) is 3. The summed E-state index contributed by atoms with van der Waals surface area (Å²) < 4.78 is 12.2. The molecule has 3 heterocycles. The Balaban J connectivity index is 1.63. The predicted molar refractivity (Wildman–Crippen MR) is 97.7 cm³/mol. The average Bonchev–Trinajstić information content (AvgIpc) is 2.77. The van der Waals surface area contributed by atoms with E-state index in [-0.39, 0.29) is 18.3 Å². The van der Waals surface area contributed by atoms with Crippen LogP contribution in [0.5, 0.6) is 0 Å². The van der Waals surface area contributed by atoms with Crippen LogP contribution in [0.15, 0.2) is 18.3 Å². The van der Waals surface area contributed by atoms with E-state index in [9.17, 15) is 0 Å². The van der Waals surface area contributed by atoms with Crippen LogP contribution in [0.3, 0.4) is 0 Å². The molecule has 0 spiro atoms. The van der Waals surface area contributed by atoms with Crippen molar-refractivity contribution in [2.75, 3.05) is 44.2 Å². The molecule has 0 atom stereocenters. The van der Waals surface area contributed by atoms with E-state index in [1.54, 1.807) is 0 Å². The molecule has 0 amide bonds. The number of piperazine rings is 1. The minimum absolute atomic E-state index is 0.324. The standard InChI is InChI=1S/C17H29BN4O2/c1-16(2)17(3,4)24-18(23-16)14-5-6-15(20-13-14)22-11-9-21(8-7-19)10-12-22/h5-6,13H,7-12,19H2,1-4H3. The van der Waals surface area contributed by atoms with Crippen molar-refractivity contribution in [1.29, 1.82) is 0 Å². The molecule has 0 aliphatic carbocycles. The summed E-state index contributed by atoms with van der Waals surface area (Å²) in [7, 11) is -0.349. The maximum Gasteiger partial charge on any atom is 0.496 e. The number of nitrogens with two attached hydrogens (primary N) is 1. The van der Waals surface area contributed by atoms with Gasteiger partial charge >= 0.3 is 7.12 Å². The van der Waals surface area contributed by atoms with Gasteiger partial charge in [-0.1, -0.05) is 6.07 Å². The van der Waals surface area contributed by atoms with E-state index < -0.39 is 0 Å². The fourth-order valence-corrected chi connectivity index (χ4v) is 3.09. The Bertz CT molecular complexity index is 540. The van der Waals surface area contributed by atoms with E-state index in [1.165, 1.54) is 0 Å². The SMILES string of the molecule is CC1(C)OB(c2ccc(N3CCN(CCN)CC3)nc2)OC1(C)C. The lowest BCUT2D eigenvalue weighted by atomic mass is 9.80. The van der Waals surface area contributed by atoms with Crippen molar-refractivity contribution in [3.63, 3.8) is 0 Å². The average molecular weight is 332 g/mol. The normalized spacial score (nSPS) is 23.7. The topological polar surface area (TPSA) is 63.9 Å². The second-order valence-corrected chi connectivity index (χ2v) is 7.66. The van der Waals surface area contributed by atoms with Crippen molar-refractivity contribution in [3.8, 4) is 0 Å². The van der Waals surface area contributed by atoms with Gasteiger partial charge in [-0.2, -0.15) is 0 Å². The minimum atomic E-state index is -0.349. The van der Waals surface area contributed by atoms with Gasteiger partial charge in [0.25, 0.3) is 0 Å². The molecule has 0 bridgehead atoms. The maximum atomic E-state index is 6.08. The molecular formula is C17H29BN4O2. The highest BCUT2D eigenvalue weighted by Gasteiger charge is 2.51. The van der Waals surface area contributed by atoms with E-state index in [2.05, 4.69) is 54.6 Å². The molecule has 2 aliphatic rings. The first-order chi connectivity index (χ1) is 11.3. The largest absolute Gasteiger partial charge is 0.496 e. The Kier molecular flexibility index (Phi) is 4.88. The second-order valence-electron chi connectivity index (χ2n) is 7.66. The Hall–Kier alpha value is -1.15. The minimum Gasteiger partial charge on any atom is -0.399 e. The summed E-state index contributed by atoms with van der Waals surface area (Å²) in [4.78, 5) is 9.35. The molecule has 1 aromatic heterocycles. The van der Waals surface area contributed by atoms with Crippen molar-refractivity contribution >= 4 is 18.4 Å². The summed E-state index contributed by atoms with van der Waals surface area (Å²) in [6, 6.07) is 4.13. The van der Waals surface area contributed by atoms with Crippen LogP contribution in [-0.2, 0) is 9.31 Å². The smallest absolute Gasteiger partial charge is 0.399 e. The Morgan fingerprint density at radius 1 is 1.08 bits per heavy atom. The third-order valence-corrected chi connectivity index (χ3v) is 5.44. The number of aromatic nitrogens is 1. The molecule has 24 heavy (non-hydrogen) atoms. The van der Waals surface area contributed by atoms with Crippen LogP contribution in [0, 0.1) is 0 Å². The van der Waals surface area contributed by atoms with Crippen LogP contribution >= 0.6 is 0 Å². The molecule has 6 nitrogen and oxygen atoms in total. The molecule has 7 heteroatoms. The summed E-state index contributed by atoms with van der Waals surface area (Å²) in [5.41, 5.74) is 5.95. The first kappa shape index (κ1) is 17.7. The van der Waals surface area contributed by atoms with Crippen LogP contribution < -0.4 is 16.1 Å². The van der Waals surface area contributed by atoms with Crippen LogP contribution in [0.2, 0.25) is 0 Å². The maximum absolute atomic E-state index is 6.08. The first-order valence-electron chi connectivity index (χ1n) is 8.81. The third kappa shape index (κ3) is 3.44. The van der Waals surface area contributed by atoms with Gasteiger partial charge < -0.3 is 19.9 Å². The molecule has 1 aromatic rings. The lowest BCUT2D eigenvalue weighted by Gasteiger charge is -2.35.